The zero-order valence-corrected chi connectivity index (χ0v) is 14.3. The minimum atomic E-state index is 1.11. The first-order chi connectivity index (χ1) is 8.90. The summed E-state index contributed by atoms with van der Waals surface area (Å²) < 4.78 is 0. The van der Waals surface area contributed by atoms with E-state index in [1.807, 2.05) is 6.92 Å². The van der Waals surface area contributed by atoms with Gasteiger partial charge in [-0.25, -0.2) is 0 Å². The Kier molecular flexibility index (Phi) is 14.3. The molecule has 110 valence electrons. The average Bonchev–Trinajstić information content (AvgIpc) is 2.38. The van der Waals surface area contributed by atoms with Crippen LogP contribution in [0.1, 0.15) is 70.6 Å². The highest BCUT2D eigenvalue weighted by Crippen LogP contribution is 2.08. The van der Waals surface area contributed by atoms with Crippen LogP contribution in [0.2, 0.25) is 0 Å². The molecule has 0 saturated carbocycles. The van der Waals surface area contributed by atoms with Crippen molar-refractivity contribution in [1.29, 1.82) is 0 Å². The number of aryl methyl sites for hydroxylation is 3. The van der Waals surface area contributed by atoms with E-state index in [1.54, 1.807) is 0 Å². The Bertz CT molecular complexity index is 312. The first-order valence-corrected chi connectivity index (χ1v) is 7.62. The molecule has 0 heterocycles. The number of hydrogen-bond donors (Lipinski definition) is 0. The second-order valence-corrected chi connectivity index (χ2v) is 5.16. The Labute approximate surface area is 121 Å². The van der Waals surface area contributed by atoms with Crippen LogP contribution in [-0.2, 0) is 6.42 Å². The van der Waals surface area contributed by atoms with Crippen molar-refractivity contribution in [3.63, 3.8) is 0 Å². The van der Waals surface area contributed by atoms with Crippen LogP contribution in [0.15, 0.2) is 30.4 Å². The molecule has 0 saturated heterocycles. The predicted molar refractivity (Wildman–Crippen MR) is 91.0 cm³/mol. The first kappa shape index (κ1) is 20.3. The summed E-state index contributed by atoms with van der Waals surface area (Å²) in [4.78, 5) is 0. The number of unbranched alkanes of at least 4 members (excludes halogenated alkanes) is 1. The summed E-state index contributed by atoms with van der Waals surface area (Å²) >= 11 is 0. The summed E-state index contributed by atoms with van der Waals surface area (Å²) in [5.74, 6) is 0. The lowest BCUT2D eigenvalue weighted by molar-refractivity contribution is 0.886. The molecule has 0 aromatic heterocycles. The van der Waals surface area contributed by atoms with Gasteiger partial charge in [-0.2, -0.15) is 0 Å². The van der Waals surface area contributed by atoms with Gasteiger partial charge in [0.2, 0.25) is 0 Å². The van der Waals surface area contributed by atoms with Crippen LogP contribution >= 0.6 is 0 Å². The van der Waals surface area contributed by atoms with Gasteiger partial charge in [-0.15, -0.1) is 6.58 Å². The van der Waals surface area contributed by atoms with E-state index in [2.05, 4.69) is 66.3 Å². The zero-order chi connectivity index (χ0) is 15.3. The minimum absolute atomic E-state index is 1.11. The molecule has 0 atom stereocenters. The van der Waals surface area contributed by atoms with E-state index in [0.717, 1.165) is 12.8 Å². The van der Waals surface area contributed by atoms with Crippen LogP contribution in [-0.4, -0.2) is 0 Å². The van der Waals surface area contributed by atoms with Gasteiger partial charge in [0.15, 0.2) is 0 Å². The average molecular weight is 262 g/mol. The van der Waals surface area contributed by atoms with Crippen LogP contribution < -0.4 is 0 Å². The number of rotatable bonds is 3. The van der Waals surface area contributed by atoms with Gasteiger partial charge in [0.1, 0.15) is 0 Å². The van der Waals surface area contributed by atoms with E-state index in [-0.39, 0.29) is 0 Å². The third kappa shape index (κ3) is 14.9. The first-order valence-electron chi connectivity index (χ1n) is 7.62. The highest BCUT2D eigenvalue weighted by molar-refractivity contribution is 5.28. The molecule has 0 aliphatic carbocycles. The molecular formula is C19H34. The molecule has 1 rings (SSSR count). The van der Waals surface area contributed by atoms with Gasteiger partial charge in [0, 0.05) is 0 Å². The van der Waals surface area contributed by atoms with Gasteiger partial charge >= 0.3 is 0 Å². The topological polar surface area (TPSA) is 0 Å². The summed E-state index contributed by atoms with van der Waals surface area (Å²) in [7, 11) is 0. The predicted octanol–water partition coefficient (Wildman–Crippen LogP) is 6.64. The molecule has 0 aliphatic heterocycles. The lowest BCUT2D eigenvalue weighted by atomic mass is 10.1. The maximum absolute atomic E-state index is 3.67. The summed E-state index contributed by atoms with van der Waals surface area (Å²) in [6.45, 7) is 18.6. The molecule has 0 fully saturated rings. The summed E-state index contributed by atoms with van der Waals surface area (Å²) in [6, 6.07) is 6.69. The van der Waals surface area contributed by atoms with Gasteiger partial charge in [-0.05, 0) is 39.2 Å². The standard InChI is InChI=1S/C10H14.C5H10.C4H10/c1-4-10-6-8(2)5-9(3)7-10;1-4-5(2)3;1-3-4-2/h5-7H,4H2,1-3H3;2,4H2,1,3H3;3-4H2,1-2H3. The Balaban J connectivity index is 0. The van der Waals surface area contributed by atoms with E-state index in [0.29, 0.717) is 0 Å². The van der Waals surface area contributed by atoms with E-state index in [9.17, 15) is 0 Å². The fourth-order valence-electron chi connectivity index (χ4n) is 1.27. The van der Waals surface area contributed by atoms with Crippen LogP contribution in [0, 0.1) is 13.8 Å². The summed E-state index contributed by atoms with van der Waals surface area (Å²) in [5.41, 5.74) is 5.44. The van der Waals surface area contributed by atoms with Crippen molar-refractivity contribution in [3.8, 4) is 0 Å². The van der Waals surface area contributed by atoms with E-state index < -0.39 is 0 Å². The molecule has 0 nitrogen and oxygen atoms in total. The monoisotopic (exact) mass is 262 g/mol. The van der Waals surface area contributed by atoms with Crippen LogP contribution in [0.5, 0.6) is 0 Å². The molecular weight excluding hydrogens is 228 g/mol. The van der Waals surface area contributed by atoms with Crippen molar-refractivity contribution in [3.05, 3.63) is 47.0 Å². The Morgan fingerprint density at radius 2 is 1.26 bits per heavy atom. The molecule has 0 unspecified atom stereocenters. The van der Waals surface area contributed by atoms with Crippen molar-refractivity contribution in [2.75, 3.05) is 0 Å². The Morgan fingerprint density at radius 3 is 1.47 bits per heavy atom. The van der Waals surface area contributed by atoms with Gasteiger partial charge in [0.05, 0.1) is 0 Å². The Morgan fingerprint density at radius 1 is 0.895 bits per heavy atom. The Hall–Kier alpha value is -1.04. The van der Waals surface area contributed by atoms with Crippen LogP contribution in [0.25, 0.3) is 0 Å². The maximum Gasteiger partial charge on any atom is -0.0307 e. The van der Waals surface area contributed by atoms with Gasteiger partial charge in [0.25, 0.3) is 0 Å². The van der Waals surface area contributed by atoms with Crippen LogP contribution in [0.4, 0.5) is 0 Å². The number of hydrogen-bond acceptors (Lipinski definition) is 0. The normalized spacial score (nSPS) is 8.79. The van der Waals surface area contributed by atoms with Crippen molar-refractivity contribution in [1.82, 2.24) is 0 Å². The molecule has 0 spiro atoms. The smallest absolute Gasteiger partial charge is 0.0307 e. The lowest BCUT2D eigenvalue weighted by Gasteiger charge is -2.00. The molecule has 19 heavy (non-hydrogen) atoms. The van der Waals surface area contributed by atoms with Gasteiger partial charge in [-0.1, -0.05) is 75.4 Å². The third-order valence-electron chi connectivity index (χ3n) is 2.79. The molecule has 1 aromatic rings. The van der Waals surface area contributed by atoms with Crippen LogP contribution in [0.3, 0.4) is 0 Å². The lowest BCUT2D eigenvalue weighted by Crippen LogP contribution is -1.83. The summed E-state index contributed by atoms with van der Waals surface area (Å²) in [6.07, 6.45) is 4.89. The van der Waals surface area contributed by atoms with Gasteiger partial charge < -0.3 is 0 Å². The zero-order valence-electron chi connectivity index (χ0n) is 14.3. The number of allylic oxidation sites excluding steroid dienone is 1. The highest BCUT2D eigenvalue weighted by Gasteiger charge is 1.91. The molecule has 0 heteroatoms. The molecule has 1 aromatic carbocycles. The minimum Gasteiger partial charge on any atom is -0.100 e. The van der Waals surface area contributed by atoms with E-state index in [1.165, 1.54) is 35.1 Å². The van der Waals surface area contributed by atoms with Crippen molar-refractivity contribution in [2.24, 2.45) is 0 Å². The molecule has 0 amide bonds. The van der Waals surface area contributed by atoms with E-state index >= 15 is 0 Å². The SMILES string of the molecule is C=C(C)CC.CCCC.CCc1cc(C)cc(C)c1. The maximum atomic E-state index is 3.67. The van der Waals surface area contributed by atoms with Crippen molar-refractivity contribution >= 4 is 0 Å². The fourth-order valence-corrected chi connectivity index (χ4v) is 1.27. The van der Waals surface area contributed by atoms with Crippen molar-refractivity contribution < 1.29 is 0 Å². The summed E-state index contributed by atoms with van der Waals surface area (Å²) in [5, 5.41) is 0. The fraction of sp³-hybridized carbons (Fsp3) is 0.579. The molecule has 0 N–H and O–H groups in total. The molecule has 0 radical (unpaired) electrons. The van der Waals surface area contributed by atoms with Gasteiger partial charge in [-0.3, -0.25) is 0 Å². The second-order valence-electron chi connectivity index (χ2n) is 5.16. The highest BCUT2D eigenvalue weighted by atomic mass is 14.0. The largest absolute Gasteiger partial charge is 0.100 e. The van der Waals surface area contributed by atoms with Crippen molar-refractivity contribution in [2.45, 2.75) is 74.1 Å². The quantitative estimate of drug-likeness (QED) is 0.535. The molecule has 0 aliphatic rings. The second kappa shape index (κ2) is 13.4. The van der Waals surface area contributed by atoms with E-state index in [4.69, 9.17) is 0 Å². The third-order valence-corrected chi connectivity index (χ3v) is 2.79. The molecule has 0 bridgehead atoms. The number of benzene rings is 1.